The molecule has 0 radical (unpaired) electrons. The summed E-state index contributed by atoms with van der Waals surface area (Å²) < 4.78 is 4.11. The minimum absolute atomic E-state index is 0.245. The molecular formula is C9H14O10. The average Bonchev–Trinajstić information content (AvgIpc) is 2.14. The smallest absolute Gasteiger partial charge is 0.314 e. The van der Waals surface area contributed by atoms with Crippen molar-refractivity contribution in [3.05, 3.63) is 0 Å². The van der Waals surface area contributed by atoms with E-state index in [1.807, 2.05) is 0 Å². The Morgan fingerprint density at radius 2 is 0.895 bits per heavy atom. The molecule has 110 valence electrons. The van der Waals surface area contributed by atoms with Gasteiger partial charge >= 0.3 is 29.8 Å². The summed E-state index contributed by atoms with van der Waals surface area (Å²) in [7, 11) is 1.35. The first-order valence-electron chi connectivity index (χ1n) is 4.44. The predicted octanol–water partition coefficient (Wildman–Crippen LogP) is -0.729. The molecule has 0 aromatic rings. The van der Waals surface area contributed by atoms with Crippen molar-refractivity contribution in [1.29, 1.82) is 0 Å². The molecule has 0 saturated carbocycles. The molecule has 0 fully saturated rings. The zero-order valence-electron chi connectivity index (χ0n) is 10.2. The van der Waals surface area contributed by atoms with Gasteiger partial charge in [0.05, 0.1) is 7.11 Å². The van der Waals surface area contributed by atoms with Crippen molar-refractivity contribution in [3.8, 4) is 0 Å². The van der Waals surface area contributed by atoms with Crippen LogP contribution in [0, 0.1) is 0 Å². The highest BCUT2D eigenvalue weighted by molar-refractivity contribution is 5.89. The molecule has 0 unspecified atom stereocenters. The minimum Gasteiger partial charge on any atom is -0.481 e. The maximum Gasteiger partial charge on any atom is 0.314 e. The Morgan fingerprint density at radius 1 is 0.737 bits per heavy atom. The zero-order chi connectivity index (χ0) is 16.0. The summed E-state index contributed by atoms with van der Waals surface area (Å²) in [6, 6.07) is 0. The molecule has 19 heavy (non-hydrogen) atoms. The fourth-order valence-corrected chi connectivity index (χ4v) is 0.259. The van der Waals surface area contributed by atoms with Gasteiger partial charge < -0.3 is 25.2 Å². The topological polar surface area (TPSA) is 176 Å². The number of carboxylic acids is 4. The molecule has 0 aliphatic heterocycles. The van der Waals surface area contributed by atoms with E-state index in [1.54, 1.807) is 0 Å². The highest BCUT2D eigenvalue weighted by atomic mass is 16.5. The van der Waals surface area contributed by atoms with E-state index in [9.17, 15) is 24.0 Å². The van der Waals surface area contributed by atoms with Crippen molar-refractivity contribution in [2.75, 3.05) is 7.11 Å². The molecule has 10 heteroatoms. The second-order valence-corrected chi connectivity index (χ2v) is 2.62. The van der Waals surface area contributed by atoms with Crippen molar-refractivity contribution >= 4 is 29.8 Å². The molecule has 0 heterocycles. The number of ether oxygens (including phenoxy) is 1. The van der Waals surface area contributed by atoms with E-state index in [0.29, 0.717) is 0 Å². The maximum absolute atomic E-state index is 9.59. The largest absolute Gasteiger partial charge is 0.481 e. The fourth-order valence-electron chi connectivity index (χ4n) is 0.259. The van der Waals surface area contributed by atoms with E-state index in [-0.39, 0.29) is 5.97 Å². The molecule has 0 atom stereocenters. The number of carboxylic acid groups (broad SMARTS) is 4. The van der Waals surface area contributed by atoms with Crippen LogP contribution in [-0.4, -0.2) is 57.4 Å². The number of rotatable bonds is 4. The molecule has 10 nitrogen and oxygen atoms in total. The highest BCUT2D eigenvalue weighted by Crippen LogP contribution is 1.75. The van der Waals surface area contributed by atoms with Crippen LogP contribution < -0.4 is 0 Å². The molecule has 0 saturated heterocycles. The van der Waals surface area contributed by atoms with Gasteiger partial charge in [-0.15, -0.1) is 0 Å². The first-order valence-corrected chi connectivity index (χ1v) is 4.44. The van der Waals surface area contributed by atoms with Crippen LogP contribution in [0.3, 0.4) is 0 Å². The van der Waals surface area contributed by atoms with Crippen LogP contribution in [0.1, 0.15) is 19.8 Å². The lowest BCUT2D eigenvalue weighted by Crippen LogP contribution is -2.03. The van der Waals surface area contributed by atoms with Crippen LogP contribution in [0.5, 0.6) is 0 Å². The van der Waals surface area contributed by atoms with E-state index >= 15 is 0 Å². The monoisotopic (exact) mass is 282 g/mol. The summed E-state index contributed by atoms with van der Waals surface area (Å²) in [4.78, 5) is 47.3. The van der Waals surface area contributed by atoms with Crippen molar-refractivity contribution in [2.45, 2.75) is 19.8 Å². The Bertz CT molecular complexity index is 282. The van der Waals surface area contributed by atoms with E-state index < -0.39 is 36.7 Å². The molecule has 0 amide bonds. The van der Waals surface area contributed by atoms with Crippen LogP contribution >= 0.6 is 0 Å². The number of hydrogen-bond acceptors (Lipinski definition) is 6. The molecule has 0 spiro atoms. The van der Waals surface area contributed by atoms with Gasteiger partial charge in [-0.3, -0.25) is 24.0 Å². The standard InChI is InChI=1S/2C3H4O4.C3H6O2/c2*4-2(5)1-3(6)7;1-3(4)5-2/h2*1H2,(H,4,5)(H,6,7);1-2H3. The second kappa shape index (κ2) is 13.4. The van der Waals surface area contributed by atoms with Gasteiger partial charge in [0.15, 0.2) is 0 Å². The van der Waals surface area contributed by atoms with E-state index in [4.69, 9.17) is 20.4 Å². The van der Waals surface area contributed by atoms with E-state index in [1.165, 1.54) is 14.0 Å². The van der Waals surface area contributed by atoms with Gasteiger partial charge in [-0.25, -0.2) is 0 Å². The molecule has 4 N–H and O–H groups in total. The lowest BCUT2D eigenvalue weighted by Gasteiger charge is -1.80. The lowest BCUT2D eigenvalue weighted by atomic mass is 10.5. The number of aliphatic carboxylic acids is 4. The summed E-state index contributed by atoms with van der Waals surface area (Å²) in [5.74, 6) is -5.50. The van der Waals surface area contributed by atoms with Crippen LogP contribution in [0.25, 0.3) is 0 Å². The van der Waals surface area contributed by atoms with Crippen molar-refractivity contribution in [1.82, 2.24) is 0 Å². The Morgan fingerprint density at radius 3 is 0.895 bits per heavy atom. The quantitative estimate of drug-likeness (QED) is 0.379. The Hall–Kier alpha value is -2.65. The third-order valence-electron chi connectivity index (χ3n) is 0.892. The molecule has 0 aliphatic carbocycles. The average molecular weight is 282 g/mol. The summed E-state index contributed by atoms with van der Waals surface area (Å²) in [5.41, 5.74) is 0. The second-order valence-electron chi connectivity index (χ2n) is 2.62. The van der Waals surface area contributed by atoms with Gasteiger partial charge in [0.25, 0.3) is 0 Å². The SMILES string of the molecule is COC(C)=O.O=C(O)CC(=O)O.O=C(O)CC(=O)O. The van der Waals surface area contributed by atoms with E-state index in [0.717, 1.165) is 0 Å². The summed E-state index contributed by atoms with van der Waals surface area (Å²) >= 11 is 0. The van der Waals surface area contributed by atoms with Crippen LogP contribution in [0.2, 0.25) is 0 Å². The molecule has 0 aromatic carbocycles. The summed E-state index contributed by atoms with van der Waals surface area (Å²) in [6.45, 7) is 1.36. The Labute approximate surface area is 107 Å². The first kappa shape index (κ1) is 21.6. The minimum atomic E-state index is -1.31. The third-order valence-corrected chi connectivity index (χ3v) is 0.892. The molecule has 0 bridgehead atoms. The maximum atomic E-state index is 9.59. The van der Waals surface area contributed by atoms with Crippen LogP contribution in [-0.2, 0) is 28.7 Å². The number of carbonyl (C=O) groups excluding carboxylic acids is 1. The van der Waals surface area contributed by atoms with Gasteiger partial charge in [-0.05, 0) is 0 Å². The van der Waals surface area contributed by atoms with Gasteiger partial charge in [0.2, 0.25) is 0 Å². The third kappa shape index (κ3) is 50.6. The lowest BCUT2D eigenvalue weighted by molar-refractivity contribution is -0.149. The fraction of sp³-hybridized carbons (Fsp3) is 0.444. The van der Waals surface area contributed by atoms with Crippen molar-refractivity contribution in [3.63, 3.8) is 0 Å². The summed E-state index contributed by atoms with van der Waals surface area (Å²) in [6.07, 6.45) is -1.61. The van der Waals surface area contributed by atoms with Gasteiger partial charge in [0.1, 0.15) is 12.8 Å². The van der Waals surface area contributed by atoms with Gasteiger partial charge in [-0.2, -0.15) is 0 Å². The highest BCUT2D eigenvalue weighted by Gasteiger charge is 2.02. The number of esters is 1. The molecule has 0 aliphatic rings. The molecular weight excluding hydrogens is 268 g/mol. The van der Waals surface area contributed by atoms with Crippen LogP contribution in [0.15, 0.2) is 0 Å². The number of methoxy groups -OCH3 is 1. The predicted molar refractivity (Wildman–Crippen MR) is 57.5 cm³/mol. The molecule has 0 rings (SSSR count). The Kier molecular flexibility index (Phi) is 15.3. The van der Waals surface area contributed by atoms with Crippen LogP contribution in [0.4, 0.5) is 0 Å². The number of hydrogen-bond donors (Lipinski definition) is 4. The van der Waals surface area contributed by atoms with Gasteiger partial charge in [0, 0.05) is 6.92 Å². The Balaban J connectivity index is -0.000000206. The summed E-state index contributed by atoms with van der Waals surface area (Å²) in [5, 5.41) is 30.8. The van der Waals surface area contributed by atoms with E-state index in [2.05, 4.69) is 4.74 Å². The first-order chi connectivity index (χ1) is 8.52. The normalized spacial score (nSPS) is 7.68. The number of carbonyl (C=O) groups is 5. The van der Waals surface area contributed by atoms with Gasteiger partial charge in [-0.1, -0.05) is 0 Å². The van der Waals surface area contributed by atoms with Crippen molar-refractivity contribution in [2.24, 2.45) is 0 Å². The molecule has 0 aromatic heterocycles. The zero-order valence-corrected chi connectivity index (χ0v) is 10.2. The van der Waals surface area contributed by atoms with Crippen molar-refractivity contribution < 1.29 is 49.1 Å².